The number of nitrogens with two attached hydrogens (primary N) is 1. The Labute approximate surface area is 101 Å². The molecule has 1 rings (SSSR count). The molecule has 2 N–H and O–H groups in total. The molecule has 2 unspecified atom stereocenters. The number of rotatable bonds is 4. The first-order valence-corrected chi connectivity index (χ1v) is 6.43. The van der Waals surface area contributed by atoms with Crippen LogP contribution in [0.1, 0.15) is 51.4 Å². The van der Waals surface area contributed by atoms with E-state index in [1.54, 1.807) is 0 Å². The Kier molecular flexibility index (Phi) is 6.27. The van der Waals surface area contributed by atoms with Gasteiger partial charge in [-0.3, -0.25) is 0 Å². The van der Waals surface area contributed by atoms with E-state index in [0.717, 1.165) is 25.7 Å². The summed E-state index contributed by atoms with van der Waals surface area (Å²) in [5, 5.41) is 0. The summed E-state index contributed by atoms with van der Waals surface area (Å²) in [6.45, 7) is 0.165. The molecule has 0 heterocycles. The van der Waals surface area contributed by atoms with Crippen LogP contribution in [0.3, 0.4) is 0 Å². The third-order valence-electron chi connectivity index (χ3n) is 3.19. The Morgan fingerprint density at radius 3 is 2.35 bits per heavy atom. The molecule has 0 aromatic heterocycles. The second-order valence-corrected chi connectivity index (χ2v) is 4.78. The van der Waals surface area contributed by atoms with E-state index >= 15 is 0 Å². The van der Waals surface area contributed by atoms with E-state index in [4.69, 9.17) is 10.5 Å². The molecule has 1 saturated carbocycles. The summed E-state index contributed by atoms with van der Waals surface area (Å²) < 4.78 is 41.3. The lowest BCUT2D eigenvalue weighted by Gasteiger charge is -2.26. The molecule has 0 bridgehead atoms. The van der Waals surface area contributed by atoms with Gasteiger partial charge in [0.1, 0.15) is 0 Å². The second kappa shape index (κ2) is 7.21. The van der Waals surface area contributed by atoms with Crippen LogP contribution >= 0.6 is 0 Å². The summed E-state index contributed by atoms with van der Waals surface area (Å²) in [7, 11) is 0. The topological polar surface area (TPSA) is 35.2 Å². The summed E-state index contributed by atoms with van der Waals surface area (Å²) in [6.07, 6.45) is 1.49. The Bertz CT molecular complexity index is 208. The molecule has 0 aliphatic heterocycles. The number of hydrogen-bond acceptors (Lipinski definition) is 2. The first-order chi connectivity index (χ1) is 7.99. The molecule has 5 heteroatoms. The van der Waals surface area contributed by atoms with Crippen molar-refractivity contribution < 1.29 is 17.9 Å². The fourth-order valence-corrected chi connectivity index (χ4v) is 2.19. The van der Waals surface area contributed by atoms with Crippen LogP contribution in [-0.4, -0.2) is 24.9 Å². The zero-order chi connectivity index (χ0) is 12.7. The molecule has 1 aliphatic carbocycles. The Morgan fingerprint density at radius 1 is 1.06 bits per heavy atom. The Hall–Kier alpha value is -0.290. The van der Waals surface area contributed by atoms with Gasteiger partial charge in [-0.2, -0.15) is 13.2 Å². The van der Waals surface area contributed by atoms with Crippen LogP contribution in [0.2, 0.25) is 0 Å². The van der Waals surface area contributed by atoms with E-state index < -0.39 is 12.6 Å². The Balaban J connectivity index is 2.19. The van der Waals surface area contributed by atoms with E-state index in [0.29, 0.717) is 0 Å². The monoisotopic (exact) mass is 253 g/mol. The zero-order valence-electron chi connectivity index (χ0n) is 10.1. The first-order valence-electron chi connectivity index (χ1n) is 6.43. The molecule has 0 aromatic rings. The SMILES string of the molecule is NC1CCCCCCC1OCCCC(F)(F)F. The van der Waals surface area contributed by atoms with Gasteiger partial charge in [-0.1, -0.05) is 25.7 Å². The van der Waals surface area contributed by atoms with Crippen molar-refractivity contribution in [3.8, 4) is 0 Å². The molecule has 102 valence electrons. The predicted molar refractivity (Wildman–Crippen MR) is 60.7 cm³/mol. The number of halogens is 3. The first kappa shape index (κ1) is 14.8. The largest absolute Gasteiger partial charge is 0.389 e. The van der Waals surface area contributed by atoms with Crippen LogP contribution < -0.4 is 5.73 Å². The standard InChI is InChI=1S/C12H22F3NO/c13-12(14,15)8-5-9-17-11-7-4-2-1-3-6-10(11)16/h10-11H,1-9,16H2. The summed E-state index contributed by atoms with van der Waals surface area (Å²) in [4.78, 5) is 0. The molecule has 2 atom stereocenters. The lowest BCUT2D eigenvalue weighted by atomic mass is 9.95. The molecule has 1 fully saturated rings. The van der Waals surface area contributed by atoms with E-state index in [1.807, 2.05) is 0 Å². The van der Waals surface area contributed by atoms with Crippen LogP contribution in [0.5, 0.6) is 0 Å². The molecular weight excluding hydrogens is 231 g/mol. The van der Waals surface area contributed by atoms with Gasteiger partial charge < -0.3 is 10.5 Å². The highest BCUT2D eigenvalue weighted by Gasteiger charge is 2.26. The molecular formula is C12H22F3NO. The van der Waals surface area contributed by atoms with Crippen LogP contribution in [0.25, 0.3) is 0 Å². The molecule has 17 heavy (non-hydrogen) atoms. The van der Waals surface area contributed by atoms with Gasteiger partial charge in [-0.05, 0) is 19.3 Å². The van der Waals surface area contributed by atoms with Crippen molar-refractivity contribution >= 4 is 0 Å². The van der Waals surface area contributed by atoms with Gasteiger partial charge in [0.2, 0.25) is 0 Å². The highest BCUT2D eigenvalue weighted by Crippen LogP contribution is 2.22. The van der Waals surface area contributed by atoms with E-state index in [1.165, 1.54) is 12.8 Å². The zero-order valence-corrected chi connectivity index (χ0v) is 10.1. The summed E-state index contributed by atoms with van der Waals surface area (Å²) >= 11 is 0. The maximum atomic E-state index is 11.9. The Morgan fingerprint density at radius 2 is 1.71 bits per heavy atom. The lowest BCUT2D eigenvalue weighted by Crippen LogP contribution is -2.37. The average Bonchev–Trinajstić information content (AvgIpc) is 2.20. The van der Waals surface area contributed by atoms with Gasteiger partial charge in [0, 0.05) is 19.1 Å². The summed E-state index contributed by atoms with van der Waals surface area (Å²) in [5.41, 5.74) is 5.97. The molecule has 2 nitrogen and oxygen atoms in total. The van der Waals surface area contributed by atoms with Gasteiger partial charge in [0.15, 0.2) is 0 Å². The third-order valence-corrected chi connectivity index (χ3v) is 3.19. The molecule has 0 saturated heterocycles. The van der Waals surface area contributed by atoms with Crippen LogP contribution in [0.4, 0.5) is 13.2 Å². The highest BCUT2D eigenvalue weighted by atomic mass is 19.4. The minimum Gasteiger partial charge on any atom is -0.377 e. The van der Waals surface area contributed by atoms with Crippen molar-refractivity contribution in [3.63, 3.8) is 0 Å². The molecule has 0 amide bonds. The average molecular weight is 253 g/mol. The normalized spacial score (nSPS) is 27.5. The van der Waals surface area contributed by atoms with Crippen molar-refractivity contribution in [1.29, 1.82) is 0 Å². The fraction of sp³-hybridized carbons (Fsp3) is 1.00. The molecule has 0 radical (unpaired) electrons. The van der Waals surface area contributed by atoms with Gasteiger partial charge in [0.05, 0.1) is 6.10 Å². The molecule has 0 aromatic carbocycles. The van der Waals surface area contributed by atoms with Crippen LogP contribution in [0, 0.1) is 0 Å². The quantitative estimate of drug-likeness (QED) is 0.779. The van der Waals surface area contributed by atoms with E-state index in [2.05, 4.69) is 0 Å². The molecule has 1 aliphatic rings. The predicted octanol–water partition coefficient (Wildman–Crippen LogP) is 3.40. The van der Waals surface area contributed by atoms with Crippen molar-refractivity contribution in [2.45, 2.75) is 69.7 Å². The van der Waals surface area contributed by atoms with E-state index in [-0.39, 0.29) is 25.2 Å². The van der Waals surface area contributed by atoms with Crippen LogP contribution in [0.15, 0.2) is 0 Å². The minimum atomic E-state index is -4.08. The van der Waals surface area contributed by atoms with Crippen molar-refractivity contribution in [3.05, 3.63) is 0 Å². The maximum absolute atomic E-state index is 11.9. The van der Waals surface area contributed by atoms with Gasteiger partial charge in [-0.15, -0.1) is 0 Å². The van der Waals surface area contributed by atoms with Crippen molar-refractivity contribution in [2.75, 3.05) is 6.61 Å². The fourth-order valence-electron chi connectivity index (χ4n) is 2.19. The smallest absolute Gasteiger partial charge is 0.377 e. The van der Waals surface area contributed by atoms with Crippen molar-refractivity contribution in [1.82, 2.24) is 0 Å². The van der Waals surface area contributed by atoms with E-state index in [9.17, 15) is 13.2 Å². The minimum absolute atomic E-state index is 0.0128. The summed E-state index contributed by atoms with van der Waals surface area (Å²) in [6, 6.07) is -0.0128. The number of ether oxygens (including phenoxy) is 1. The van der Waals surface area contributed by atoms with Crippen LogP contribution in [-0.2, 0) is 4.74 Å². The lowest BCUT2D eigenvalue weighted by molar-refractivity contribution is -0.139. The highest BCUT2D eigenvalue weighted by molar-refractivity contribution is 4.76. The number of alkyl halides is 3. The third kappa shape index (κ3) is 6.88. The van der Waals surface area contributed by atoms with Gasteiger partial charge in [-0.25, -0.2) is 0 Å². The number of hydrogen-bond donors (Lipinski definition) is 1. The van der Waals surface area contributed by atoms with Gasteiger partial charge >= 0.3 is 6.18 Å². The van der Waals surface area contributed by atoms with Crippen molar-refractivity contribution in [2.24, 2.45) is 5.73 Å². The maximum Gasteiger partial charge on any atom is 0.389 e. The van der Waals surface area contributed by atoms with Gasteiger partial charge in [0.25, 0.3) is 0 Å². The second-order valence-electron chi connectivity index (χ2n) is 4.78. The summed E-state index contributed by atoms with van der Waals surface area (Å²) in [5.74, 6) is 0. The molecule has 0 spiro atoms.